The van der Waals surface area contributed by atoms with Gasteiger partial charge >= 0.3 is 5.97 Å². The fraction of sp³-hybridized carbons (Fsp3) is 0.900. The minimum Gasteiger partial charge on any atom is -0.466 e. The molecule has 0 fully saturated rings. The fourth-order valence-electron chi connectivity index (χ4n) is 1.13. The molecule has 1 atom stereocenters. The lowest BCUT2D eigenvalue weighted by molar-refractivity contribution is -0.143. The average Bonchev–Trinajstić information content (AvgIpc) is 2.16. The molecule has 0 aliphatic rings. The number of aliphatic hydroxyl groups excluding tert-OH is 1. The Morgan fingerprint density at radius 3 is 2.71 bits per heavy atom. The van der Waals surface area contributed by atoms with Gasteiger partial charge in [0.25, 0.3) is 0 Å². The van der Waals surface area contributed by atoms with E-state index in [1.807, 2.05) is 6.92 Å². The van der Waals surface area contributed by atoms with Crippen LogP contribution in [0.5, 0.6) is 0 Å². The molecular formula is C10H19IO3. The van der Waals surface area contributed by atoms with E-state index >= 15 is 0 Å². The van der Waals surface area contributed by atoms with E-state index < -0.39 is 0 Å². The minimum atomic E-state index is -0.101. The highest BCUT2D eigenvalue weighted by atomic mass is 127. The van der Waals surface area contributed by atoms with Gasteiger partial charge < -0.3 is 9.84 Å². The Hall–Kier alpha value is 0.160. The third-order valence-electron chi connectivity index (χ3n) is 1.89. The molecule has 0 aliphatic heterocycles. The van der Waals surface area contributed by atoms with Crippen LogP contribution < -0.4 is 0 Å². The number of hydrogen-bond donors (Lipinski definition) is 1. The van der Waals surface area contributed by atoms with Gasteiger partial charge in [-0.25, -0.2) is 0 Å². The molecule has 0 heterocycles. The van der Waals surface area contributed by atoms with Crippen molar-refractivity contribution in [2.24, 2.45) is 0 Å². The molecule has 0 aromatic heterocycles. The van der Waals surface area contributed by atoms with Crippen molar-refractivity contribution < 1.29 is 14.6 Å². The molecule has 0 amide bonds. The number of alkyl halides is 1. The smallest absolute Gasteiger partial charge is 0.305 e. The molecule has 0 bridgehead atoms. The molecule has 0 aromatic rings. The zero-order valence-corrected chi connectivity index (χ0v) is 10.8. The first-order valence-corrected chi connectivity index (χ1v) is 6.35. The summed E-state index contributed by atoms with van der Waals surface area (Å²) in [4.78, 5) is 11.0. The third kappa shape index (κ3) is 8.74. The van der Waals surface area contributed by atoms with Crippen molar-refractivity contribution in [1.82, 2.24) is 0 Å². The largest absolute Gasteiger partial charge is 0.466 e. The number of carbonyl (C=O) groups excluding carboxylic acids is 1. The van der Waals surface area contributed by atoms with Gasteiger partial charge in [-0.1, -0.05) is 29.0 Å². The molecule has 0 rings (SSSR count). The quantitative estimate of drug-likeness (QED) is 0.324. The molecule has 0 radical (unpaired) electrons. The number of halogens is 1. The Balaban J connectivity index is 3.33. The molecule has 1 unspecified atom stereocenters. The molecule has 0 spiro atoms. The van der Waals surface area contributed by atoms with Crippen LogP contribution in [0.4, 0.5) is 0 Å². The van der Waals surface area contributed by atoms with Gasteiger partial charge in [0, 0.05) is 17.0 Å². The Morgan fingerprint density at radius 1 is 1.43 bits per heavy atom. The van der Waals surface area contributed by atoms with E-state index in [2.05, 4.69) is 22.6 Å². The van der Waals surface area contributed by atoms with Crippen LogP contribution in [0.1, 0.15) is 39.0 Å². The maximum atomic E-state index is 11.0. The first kappa shape index (κ1) is 14.2. The van der Waals surface area contributed by atoms with Crippen molar-refractivity contribution in [3.8, 4) is 0 Å². The first-order chi connectivity index (χ1) is 6.70. The van der Waals surface area contributed by atoms with Crippen molar-refractivity contribution in [3.05, 3.63) is 0 Å². The van der Waals surface area contributed by atoms with Gasteiger partial charge in [0.2, 0.25) is 0 Å². The molecule has 0 saturated heterocycles. The first-order valence-electron chi connectivity index (χ1n) is 5.11. The SMILES string of the molecule is CCOC(=O)CCC(I)CCCCO. The molecule has 1 N–H and O–H groups in total. The number of ether oxygens (including phenoxy) is 1. The molecule has 0 aliphatic carbocycles. The number of rotatable bonds is 8. The highest BCUT2D eigenvalue weighted by molar-refractivity contribution is 14.1. The van der Waals surface area contributed by atoms with Crippen LogP contribution >= 0.6 is 22.6 Å². The summed E-state index contributed by atoms with van der Waals surface area (Å²) in [5.41, 5.74) is 0. The molecule has 14 heavy (non-hydrogen) atoms. The summed E-state index contributed by atoms with van der Waals surface area (Å²) in [7, 11) is 0. The van der Waals surface area contributed by atoms with Crippen molar-refractivity contribution in [2.75, 3.05) is 13.2 Å². The third-order valence-corrected chi connectivity index (χ3v) is 3.14. The van der Waals surface area contributed by atoms with E-state index in [0.29, 0.717) is 17.0 Å². The number of carbonyl (C=O) groups is 1. The topological polar surface area (TPSA) is 46.5 Å². The van der Waals surface area contributed by atoms with Gasteiger partial charge in [-0.05, 0) is 26.2 Å². The van der Waals surface area contributed by atoms with Crippen molar-refractivity contribution >= 4 is 28.6 Å². The lowest BCUT2D eigenvalue weighted by Gasteiger charge is -2.08. The van der Waals surface area contributed by atoms with Crippen LogP contribution in [0.3, 0.4) is 0 Å². The molecule has 4 heteroatoms. The van der Waals surface area contributed by atoms with Crippen molar-refractivity contribution in [3.63, 3.8) is 0 Å². The van der Waals surface area contributed by atoms with Crippen LogP contribution in [-0.2, 0) is 9.53 Å². The molecule has 84 valence electrons. The maximum absolute atomic E-state index is 11.0. The van der Waals surface area contributed by atoms with Crippen LogP contribution in [-0.4, -0.2) is 28.2 Å². The molecule has 0 saturated carbocycles. The molecule has 3 nitrogen and oxygen atoms in total. The normalized spacial score (nSPS) is 12.5. The summed E-state index contributed by atoms with van der Waals surface area (Å²) in [6.07, 6.45) is 4.36. The monoisotopic (exact) mass is 314 g/mol. The van der Waals surface area contributed by atoms with Gasteiger partial charge in [0.05, 0.1) is 6.61 Å². The summed E-state index contributed by atoms with van der Waals surface area (Å²) in [6, 6.07) is 0. The molecule has 0 aromatic carbocycles. The van der Waals surface area contributed by atoms with E-state index in [1.165, 1.54) is 0 Å². The lowest BCUT2D eigenvalue weighted by atomic mass is 10.1. The van der Waals surface area contributed by atoms with Gasteiger partial charge in [0.15, 0.2) is 0 Å². The van der Waals surface area contributed by atoms with Crippen LogP contribution in [0.15, 0.2) is 0 Å². The number of esters is 1. The second-order valence-electron chi connectivity index (χ2n) is 3.16. The predicted octanol–water partition coefficient (Wildman–Crippen LogP) is 2.30. The Labute approximate surface area is 99.4 Å². The van der Waals surface area contributed by atoms with Crippen molar-refractivity contribution in [1.29, 1.82) is 0 Å². The molecular weight excluding hydrogens is 295 g/mol. The Morgan fingerprint density at radius 2 is 2.14 bits per heavy atom. The summed E-state index contributed by atoms with van der Waals surface area (Å²) in [5, 5.41) is 8.59. The summed E-state index contributed by atoms with van der Waals surface area (Å²) in [5.74, 6) is -0.101. The fourth-order valence-corrected chi connectivity index (χ4v) is 1.88. The van der Waals surface area contributed by atoms with Gasteiger partial charge in [-0.15, -0.1) is 0 Å². The number of hydrogen-bond acceptors (Lipinski definition) is 3. The van der Waals surface area contributed by atoms with Gasteiger partial charge in [-0.3, -0.25) is 4.79 Å². The highest BCUT2D eigenvalue weighted by Crippen LogP contribution is 2.16. The Bertz CT molecular complexity index is 150. The van der Waals surface area contributed by atoms with Crippen LogP contribution in [0.2, 0.25) is 0 Å². The minimum absolute atomic E-state index is 0.101. The standard InChI is InChI=1S/C10H19IO3/c1-2-14-10(13)7-6-9(11)5-3-4-8-12/h9,12H,2-8H2,1H3. The predicted molar refractivity (Wildman–Crippen MR) is 64.6 cm³/mol. The van der Waals surface area contributed by atoms with Crippen LogP contribution in [0.25, 0.3) is 0 Å². The maximum Gasteiger partial charge on any atom is 0.305 e. The Kier molecular flexibility index (Phi) is 9.82. The van der Waals surface area contributed by atoms with E-state index in [-0.39, 0.29) is 12.6 Å². The summed E-state index contributed by atoms with van der Waals surface area (Å²) >= 11 is 2.35. The van der Waals surface area contributed by atoms with Gasteiger partial charge in [-0.2, -0.15) is 0 Å². The average molecular weight is 314 g/mol. The van der Waals surface area contributed by atoms with Crippen LogP contribution in [0, 0.1) is 0 Å². The van der Waals surface area contributed by atoms with Gasteiger partial charge in [0.1, 0.15) is 0 Å². The second-order valence-corrected chi connectivity index (χ2v) is 4.92. The zero-order valence-electron chi connectivity index (χ0n) is 8.67. The van der Waals surface area contributed by atoms with E-state index in [0.717, 1.165) is 25.7 Å². The zero-order chi connectivity index (χ0) is 10.8. The van der Waals surface area contributed by atoms with E-state index in [4.69, 9.17) is 9.84 Å². The van der Waals surface area contributed by atoms with E-state index in [1.54, 1.807) is 0 Å². The van der Waals surface area contributed by atoms with Crippen molar-refractivity contribution in [2.45, 2.75) is 43.0 Å². The highest BCUT2D eigenvalue weighted by Gasteiger charge is 2.08. The number of unbranched alkanes of at least 4 members (excludes halogenated alkanes) is 1. The summed E-state index contributed by atoms with van der Waals surface area (Å²) in [6.45, 7) is 2.55. The number of aliphatic hydroxyl groups is 1. The summed E-state index contributed by atoms with van der Waals surface area (Å²) < 4.78 is 5.35. The second kappa shape index (κ2) is 9.71. The van der Waals surface area contributed by atoms with E-state index in [9.17, 15) is 4.79 Å². The lowest BCUT2D eigenvalue weighted by Crippen LogP contribution is -2.07.